The molecule has 0 atom stereocenters. The lowest BCUT2D eigenvalue weighted by Crippen LogP contribution is -1.93. The smallest absolute Gasteiger partial charge is 0.239 e. The Morgan fingerprint density at radius 1 is 1.10 bits per heavy atom. The number of halogens is 1. The molecule has 0 amide bonds. The Kier molecular flexibility index (Phi) is 4.28. The Labute approximate surface area is 121 Å². The van der Waals surface area contributed by atoms with Crippen molar-refractivity contribution in [1.82, 2.24) is 4.98 Å². The van der Waals surface area contributed by atoms with Crippen molar-refractivity contribution in [2.45, 2.75) is 0 Å². The average Bonchev–Trinajstić information content (AvgIpc) is 2.49. The zero-order valence-corrected chi connectivity index (χ0v) is 11.6. The summed E-state index contributed by atoms with van der Waals surface area (Å²) < 4.78 is 15.9. The molecular formula is C14H11ClN2O3. The number of ether oxygens (including phenoxy) is 3. The van der Waals surface area contributed by atoms with Crippen LogP contribution in [0.2, 0.25) is 5.02 Å². The van der Waals surface area contributed by atoms with Gasteiger partial charge in [-0.3, -0.25) is 0 Å². The molecule has 0 aliphatic heterocycles. The Hall–Kier alpha value is -2.45. The average molecular weight is 291 g/mol. The van der Waals surface area contributed by atoms with Gasteiger partial charge in [0.05, 0.1) is 19.8 Å². The third-order valence-electron chi connectivity index (χ3n) is 2.52. The molecule has 20 heavy (non-hydrogen) atoms. The highest BCUT2D eigenvalue weighted by Crippen LogP contribution is 2.33. The van der Waals surface area contributed by atoms with Crippen molar-refractivity contribution in [3.63, 3.8) is 0 Å². The van der Waals surface area contributed by atoms with Crippen LogP contribution in [0.15, 0.2) is 30.5 Å². The minimum absolute atomic E-state index is 0.154. The molecule has 5 nitrogen and oxygen atoms in total. The highest BCUT2D eigenvalue weighted by Gasteiger charge is 2.11. The first kappa shape index (κ1) is 14.0. The van der Waals surface area contributed by atoms with Crippen LogP contribution in [0.3, 0.4) is 0 Å². The quantitative estimate of drug-likeness (QED) is 0.863. The summed E-state index contributed by atoms with van der Waals surface area (Å²) in [5, 5.41) is 9.08. The van der Waals surface area contributed by atoms with Gasteiger partial charge in [-0.2, -0.15) is 5.26 Å². The van der Waals surface area contributed by atoms with E-state index in [4.69, 9.17) is 31.1 Å². The minimum Gasteiger partial charge on any atom is -0.496 e. The van der Waals surface area contributed by atoms with Gasteiger partial charge in [-0.05, 0) is 6.07 Å². The molecule has 2 rings (SSSR count). The van der Waals surface area contributed by atoms with E-state index in [1.54, 1.807) is 32.4 Å². The third-order valence-corrected chi connectivity index (χ3v) is 2.88. The van der Waals surface area contributed by atoms with Crippen LogP contribution in [0.5, 0.6) is 23.1 Å². The lowest BCUT2D eigenvalue weighted by Gasteiger charge is -2.10. The van der Waals surface area contributed by atoms with Crippen molar-refractivity contribution in [3.05, 3.63) is 41.0 Å². The Morgan fingerprint density at radius 3 is 2.25 bits per heavy atom. The molecule has 0 saturated carbocycles. The summed E-state index contributed by atoms with van der Waals surface area (Å²) in [5.41, 5.74) is 0.298. The van der Waals surface area contributed by atoms with Gasteiger partial charge in [-0.15, -0.1) is 0 Å². The highest BCUT2D eigenvalue weighted by atomic mass is 35.5. The van der Waals surface area contributed by atoms with Crippen LogP contribution in [0, 0.1) is 11.3 Å². The van der Waals surface area contributed by atoms with Gasteiger partial charge in [-0.1, -0.05) is 11.6 Å². The summed E-state index contributed by atoms with van der Waals surface area (Å²) in [7, 11) is 3.08. The van der Waals surface area contributed by atoms with E-state index in [0.29, 0.717) is 22.8 Å². The summed E-state index contributed by atoms with van der Waals surface area (Å²) in [6.07, 6.45) is 1.46. The Balaban J connectivity index is 2.37. The van der Waals surface area contributed by atoms with Gasteiger partial charge in [0, 0.05) is 24.4 Å². The second-order valence-electron chi connectivity index (χ2n) is 3.74. The molecule has 0 unspecified atom stereocenters. The maximum atomic E-state index is 8.92. The first-order valence-corrected chi connectivity index (χ1v) is 6.01. The summed E-state index contributed by atoms with van der Waals surface area (Å²) in [6.45, 7) is 0. The van der Waals surface area contributed by atoms with E-state index in [9.17, 15) is 0 Å². The number of methoxy groups -OCH3 is 2. The predicted octanol–water partition coefficient (Wildman–Crippen LogP) is 3.42. The van der Waals surface area contributed by atoms with Crippen molar-refractivity contribution in [2.24, 2.45) is 0 Å². The molecule has 0 aliphatic rings. The minimum atomic E-state index is 0.154. The zero-order chi connectivity index (χ0) is 14.5. The maximum Gasteiger partial charge on any atom is 0.239 e. The second-order valence-corrected chi connectivity index (χ2v) is 4.12. The van der Waals surface area contributed by atoms with Gasteiger partial charge in [0.15, 0.2) is 0 Å². The van der Waals surface area contributed by atoms with E-state index in [0.717, 1.165) is 0 Å². The first-order valence-electron chi connectivity index (χ1n) is 5.63. The largest absolute Gasteiger partial charge is 0.496 e. The lowest BCUT2D eigenvalue weighted by atomic mass is 10.3. The van der Waals surface area contributed by atoms with E-state index in [1.807, 2.05) is 6.07 Å². The number of pyridine rings is 1. The van der Waals surface area contributed by atoms with Gasteiger partial charge < -0.3 is 14.2 Å². The van der Waals surface area contributed by atoms with Crippen molar-refractivity contribution in [2.75, 3.05) is 14.2 Å². The molecule has 0 fully saturated rings. The van der Waals surface area contributed by atoms with E-state index in [1.165, 1.54) is 12.3 Å². The molecule has 0 saturated heterocycles. The Morgan fingerprint density at radius 2 is 1.70 bits per heavy atom. The summed E-state index contributed by atoms with van der Waals surface area (Å²) in [4.78, 5) is 4.01. The fourth-order valence-electron chi connectivity index (χ4n) is 1.53. The van der Waals surface area contributed by atoms with Crippen molar-refractivity contribution in [1.29, 1.82) is 5.26 Å². The molecule has 6 heteroatoms. The van der Waals surface area contributed by atoms with Crippen LogP contribution in [0.1, 0.15) is 5.56 Å². The van der Waals surface area contributed by atoms with Crippen molar-refractivity contribution in [3.8, 4) is 29.2 Å². The zero-order valence-electron chi connectivity index (χ0n) is 10.9. The van der Waals surface area contributed by atoms with Gasteiger partial charge >= 0.3 is 0 Å². The molecule has 102 valence electrons. The van der Waals surface area contributed by atoms with E-state index in [2.05, 4.69) is 4.98 Å². The number of benzene rings is 1. The summed E-state index contributed by atoms with van der Waals surface area (Å²) in [5.74, 6) is 1.76. The number of hydrogen-bond acceptors (Lipinski definition) is 5. The Bertz CT molecular complexity index is 646. The van der Waals surface area contributed by atoms with Gasteiger partial charge in [-0.25, -0.2) is 4.98 Å². The summed E-state index contributed by atoms with van der Waals surface area (Å²) >= 11 is 6.03. The van der Waals surface area contributed by atoms with Gasteiger partial charge in [0.25, 0.3) is 0 Å². The van der Waals surface area contributed by atoms with E-state index >= 15 is 0 Å². The molecule has 0 bridgehead atoms. The van der Waals surface area contributed by atoms with Crippen molar-refractivity contribution < 1.29 is 14.2 Å². The molecular weight excluding hydrogens is 280 g/mol. The molecule has 1 heterocycles. The molecule has 0 radical (unpaired) electrons. The van der Waals surface area contributed by atoms with E-state index in [-0.39, 0.29) is 10.9 Å². The highest BCUT2D eigenvalue weighted by molar-refractivity contribution is 6.33. The number of hydrogen-bond donors (Lipinski definition) is 0. The SMILES string of the molecule is COc1cc(OC)cc(Oc2nccc(C#N)c2Cl)c1. The number of nitrogens with zero attached hydrogens (tertiary/aromatic N) is 2. The predicted molar refractivity (Wildman–Crippen MR) is 73.6 cm³/mol. The fourth-order valence-corrected chi connectivity index (χ4v) is 1.73. The first-order chi connectivity index (χ1) is 9.67. The normalized spacial score (nSPS) is 9.70. The van der Waals surface area contributed by atoms with Crippen LogP contribution in [-0.2, 0) is 0 Å². The van der Waals surface area contributed by atoms with Crippen LogP contribution < -0.4 is 14.2 Å². The molecule has 0 spiro atoms. The lowest BCUT2D eigenvalue weighted by molar-refractivity contribution is 0.385. The van der Waals surface area contributed by atoms with Gasteiger partial charge in [0.1, 0.15) is 28.3 Å². The fraction of sp³-hybridized carbons (Fsp3) is 0.143. The molecule has 1 aromatic carbocycles. The number of aromatic nitrogens is 1. The summed E-state index contributed by atoms with van der Waals surface area (Å²) in [6, 6.07) is 8.53. The van der Waals surface area contributed by atoms with Crippen LogP contribution in [0.4, 0.5) is 0 Å². The monoisotopic (exact) mass is 290 g/mol. The molecule has 2 aromatic rings. The topological polar surface area (TPSA) is 64.4 Å². The third kappa shape index (κ3) is 2.92. The molecule has 0 aliphatic carbocycles. The second kappa shape index (κ2) is 6.13. The number of rotatable bonds is 4. The molecule has 1 aromatic heterocycles. The standard InChI is InChI=1S/C14H11ClN2O3/c1-18-10-5-11(19-2)7-12(6-10)20-14-13(15)9(8-16)3-4-17-14/h3-7H,1-2H3. The van der Waals surface area contributed by atoms with Crippen LogP contribution in [0.25, 0.3) is 0 Å². The van der Waals surface area contributed by atoms with Crippen LogP contribution in [-0.4, -0.2) is 19.2 Å². The van der Waals surface area contributed by atoms with Crippen LogP contribution >= 0.6 is 11.6 Å². The van der Waals surface area contributed by atoms with Crippen molar-refractivity contribution >= 4 is 11.6 Å². The molecule has 0 N–H and O–H groups in total. The maximum absolute atomic E-state index is 8.92. The number of nitriles is 1. The van der Waals surface area contributed by atoms with Gasteiger partial charge in [0.2, 0.25) is 5.88 Å². The van der Waals surface area contributed by atoms with E-state index < -0.39 is 0 Å².